The smallest absolute Gasteiger partial charge is 0.193 e. The van der Waals surface area contributed by atoms with E-state index in [0.717, 1.165) is 50.1 Å². The first-order valence-corrected chi connectivity index (χ1v) is 14.9. The van der Waals surface area contributed by atoms with Crippen molar-refractivity contribution >= 4 is 27.2 Å². The summed E-state index contributed by atoms with van der Waals surface area (Å²) in [6.07, 6.45) is 3.91. The Balaban J connectivity index is 1.23. The van der Waals surface area contributed by atoms with Crippen molar-refractivity contribution in [2.24, 2.45) is 0 Å². The zero-order valence-electron chi connectivity index (χ0n) is 23.2. The van der Waals surface area contributed by atoms with Gasteiger partial charge in [0.05, 0.1) is 12.0 Å². The molecule has 0 atom stereocenters. The molecule has 0 unspecified atom stereocenters. The van der Waals surface area contributed by atoms with E-state index in [-0.39, 0.29) is 5.78 Å². The molecule has 0 amide bonds. The summed E-state index contributed by atoms with van der Waals surface area (Å²) in [5.41, 5.74) is 2.32. The number of benzene rings is 4. The molecule has 1 saturated heterocycles. The van der Waals surface area contributed by atoms with Gasteiger partial charge < -0.3 is 14.2 Å². The molecule has 0 radical (unpaired) electrons. The molecule has 6 heteroatoms. The van der Waals surface area contributed by atoms with Gasteiger partial charge in [-0.15, -0.1) is 11.3 Å². The third kappa shape index (κ3) is 6.29. The predicted molar refractivity (Wildman–Crippen MR) is 166 cm³/mol. The first kappa shape index (κ1) is 27.1. The molecular weight excluding hydrogens is 530 g/mol. The number of ketones is 1. The van der Waals surface area contributed by atoms with E-state index in [4.69, 9.17) is 14.2 Å². The van der Waals surface area contributed by atoms with Gasteiger partial charge in [0, 0.05) is 27.8 Å². The normalized spacial score (nSPS) is 13.7. The molecular formula is C35H33NO4S. The van der Waals surface area contributed by atoms with E-state index < -0.39 is 0 Å². The van der Waals surface area contributed by atoms with Crippen LogP contribution in [0.1, 0.15) is 35.2 Å². The van der Waals surface area contributed by atoms with E-state index in [1.165, 1.54) is 32.4 Å². The average Bonchev–Trinajstić information content (AvgIpc) is 3.39. The highest BCUT2D eigenvalue weighted by Crippen LogP contribution is 2.47. The summed E-state index contributed by atoms with van der Waals surface area (Å²) in [6.45, 7) is 3.99. The molecule has 1 aliphatic heterocycles. The summed E-state index contributed by atoms with van der Waals surface area (Å²) in [4.78, 5) is 16.4. The van der Waals surface area contributed by atoms with Gasteiger partial charge in [0.25, 0.3) is 0 Å². The van der Waals surface area contributed by atoms with E-state index in [1.807, 2.05) is 97.1 Å². The molecule has 208 valence electrons. The minimum absolute atomic E-state index is 0.00735. The Labute approximate surface area is 244 Å². The molecule has 6 rings (SSSR count). The fourth-order valence-electron chi connectivity index (χ4n) is 5.20. The second-order valence-corrected chi connectivity index (χ2v) is 11.3. The second-order valence-electron chi connectivity index (χ2n) is 10.2. The molecule has 0 spiro atoms. The van der Waals surface area contributed by atoms with Crippen molar-refractivity contribution in [3.63, 3.8) is 0 Å². The molecule has 1 fully saturated rings. The topological polar surface area (TPSA) is 48.0 Å². The Morgan fingerprint density at radius 2 is 1.46 bits per heavy atom. The summed E-state index contributed by atoms with van der Waals surface area (Å²) >= 11 is 1.64. The van der Waals surface area contributed by atoms with Gasteiger partial charge >= 0.3 is 0 Å². The number of carbonyl (C=O) groups excluding carboxylic acids is 1. The van der Waals surface area contributed by atoms with Gasteiger partial charge in [0.2, 0.25) is 0 Å². The first-order chi connectivity index (χ1) is 20.2. The van der Waals surface area contributed by atoms with Crippen molar-refractivity contribution < 1.29 is 19.0 Å². The maximum atomic E-state index is 12.9. The van der Waals surface area contributed by atoms with E-state index in [0.29, 0.717) is 17.7 Å². The number of nitrogens with zero attached hydrogens (tertiary/aromatic N) is 1. The number of rotatable bonds is 10. The molecule has 2 heterocycles. The lowest BCUT2D eigenvalue weighted by atomic mass is 10.0. The molecule has 4 aromatic carbocycles. The van der Waals surface area contributed by atoms with Crippen molar-refractivity contribution in [1.29, 1.82) is 0 Å². The van der Waals surface area contributed by atoms with Gasteiger partial charge in [-0.3, -0.25) is 9.69 Å². The molecule has 0 N–H and O–H groups in total. The van der Waals surface area contributed by atoms with Gasteiger partial charge in [-0.05, 0) is 74.0 Å². The number of hydrogen-bond acceptors (Lipinski definition) is 6. The zero-order chi connectivity index (χ0) is 28.0. The van der Waals surface area contributed by atoms with E-state index >= 15 is 0 Å². The summed E-state index contributed by atoms with van der Waals surface area (Å²) < 4.78 is 19.1. The maximum absolute atomic E-state index is 12.9. The van der Waals surface area contributed by atoms with Crippen LogP contribution in [0.5, 0.6) is 23.0 Å². The highest BCUT2D eigenvalue weighted by Gasteiger charge is 2.18. The number of likely N-dealkylation sites (tertiary alicyclic amines) is 1. The Morgan fingerprint density at radius 1 is 0.780 bits per heavy atom. The third-order valence-electron chi connectivity index (χ3n) is 7.47. The fourth-order valence-corrected chi connectivity index (χ4v) is 6.36. The van der Waals surface area contributed by atoms with Crippen LogP contribution in [0.2, 0.25) is 0 Å². The number of fused-ring (bicyclic) bond motifs is 1. The van der Waals surface area contributed by atoms with Crippen molar-refractivity contribution in [2.75, 3.05) is 33.4 Å². The fraction of sp³-hybridized carbons (Fsp3) is 0.229. The van der Waals surface area contributed by atoms with Gasteiger partial charge in [-0.2, -0.15) is 0 Å². The molecule has 5 nitrogen and oxygen atoms in total. The lowest BCUT2D eigenvalue weighted by Gasteiger charge is -2.26. The molecule has 0 aliphatic carbocycles. The Morgan fingerprint density at radius 3 is 2.20 bits per heavy atom. The number of ether oxygens (including phenoxy) is 3. The Kier molecular flexibility index (Phi) is 8.31. The average molecular weight is 564 g/mol. The standard InChI is InChI=1S/C35H33NO4S/c1-38-30-18-19-31-32(24-30)41-35(27-12-10-26(11-13-27)33(37)25-8-4-2-5-9-25)34(31)40-29-16-14-28(15-17-29)39-23-22-36-20-6-3-7-21-36/h2,4-5,8-19,24H,3,6-7,20-23H2,1H3. The maximum Gasteiger partial charge on any atom is 0.193 e. The minimum Gasteiger partial charge on any atom is -0.497 e. The molecule has 1 aromatic heterocycles. The molecule has 41 heavy (non-hydrogen) atoms. The highest BCUT2D eigenvalue weighted by molar-refractivity contribution is 7.22. The SMILES string of the molecule is COc1ccc2c(Oc3ccc(OCCN4CCCCC4)cc3)c(-c3ccc(C(=O)c4ccccc4)cc3)sc2c1. The van der Waals surface area contributed by atoms with E-state index in [2.05, 4.69) is 4.90 Å². The quantitative estimate of drug-likeness (QED) is 0.160. The van der Waals surface area contributed by atoms with Gasteiger partial charge in [-0.1, -0.05) is 61.0 Å². The van der Waals surface area contributed by atoms with Gasteiger partial charge in [-0.25, -0.2) is 0 Å². The third-order valence-corrected chi connectivity index (χ3v) is 8.65. The van der Waals surface area contributed by atoms with Crippen LogP contribution in [0.4, 0.5) is 0 Å². The number of hydrogen-bond donors (Lipinski definition) is 0. The minimum atomic E-state index is 0.00735. The summed E-state index contributed by atoms with van der Waals surface area (Å²) in [7, 11) is 1.67. The van der Waals surface area contributed by atoms with Crippen LogP contribution in [0.25, 0.3) is 20.5 Å². The van der Waals surface area contributed by atoms with Crippen LogP contribution in [0, 0.1) is 0 Å². The number of thiophene rings is 1. The first-order valence-electron chi connectivity index (χ1n) is 14.1. The highest BCUT2D eigenvalue weighted by atomic mass is 32.1. The molecule has 5 aromatic rings. The second kappa shape index (κ2) is 12.6. The predicted octanol–water partition coefficient (Wildman–Crippen LogP) is 8.46. The van der Waals surface area contributed by atoms with Crippen molar-refractivity contribution in [3.8, 4) is 33.4 Å². The monoisotopic (exact) mass is 563 g/mol. The lowest BCUT2D eigenvalue weighted by Crippen LogP contribution is -2.33. The van der Waals surface area contributed by atoms with Gasteiger partial charge in [0.1, 0.15) is 23.9 Å². The van der Waals surface area contributed by atoms with E-state index in [9.17, 15) is 4.79 Å². The Hall–Kier alpha value is -4.13. The number of carbonyl (C=O) groups is 1. The largest absolute Gasteiger partial charge is 0.497 e. The van der Waals surface area contributed by atoms with Crippen LogP contribution in [0.15, 0.2) is 97.1 Å². The number of piperidine rings is 1. The molecule has 0 saturated carbocycles. The van der Waals surface area contributed by atoms with Crippen molar-refractivity contribution in [1.82, 2.24) is 4.90 Å². The van der Waals surface area contributed by atoms with Crippen LogP contribution >= 0.6 is 11.3 Å². The van der Waals surface area contributed by atoms with Crippen LogP contribution in [-0.2, 0) is 0 Å². The molecule has 1 aliphatic rings. The van der Waals surface area contributed by atoms with E-state index in [1.54, 1.807) is 18.4 Å². The van der Waals surface area contributed by atoms with Crippen molar-refractivity contribution in [3.05, 3.63) is 108 Å². The molecule has 0 bridgehead atoms. The summed E-state index contributed by atoms with van der Waals surface area (Å²) in [6, 6.07) is 31.0. The van der Waals surface area contributed by atoms with Crippen LogP contribution in [0.3, 0.4) is 0 Å². The zero-order valence-corrected chi connectivity index (χ0v) is 24.0. The Bertz CT molecular complexity index is 1600. The summed E-state index contributed by atoms with van der Waals surface area (Å²) in [5.74, 6) is 3.17. The number of methoxy groups -OCH3 is 1. The van der Waals surface area contributed by atoms with Gasteiger partial charge in [0.15, 0.2) is 11.5 Å². The van der Waals surface area contributed by atoms with Crippen LogP contribution in [-0.4, -0.2) is 44.0 Å². The summed E-state index contributed by atoms with van der Waals surface area (Å²) in [5, 5.41) is 1.01. The lowest BCUT2D eigenvalue weighted by molar-refractivity contribution is 0.103. The van der Waals surface area contributed by atoms with Crippen molar-refractivity contribution in [2.45, 2.75) is 19.3 Å². The van der Waals surface area contributed by atoms with Crippen LogP contribution < -0.4 is 14.2 Å².